The second-order valence-electron chi connectivity index (χ2n) is 4.70. The van der Waals surface area contributed by atoms with Crippen molar-refractivity contribution in [3.63, 3.8) is 0 Å². The van der Waals surface area contributed by atoms with E-state index in [4.69, 9.17) is 5.73 Å². The summed E-state index contributed by atoms with van der Waals surface area (Å²) >= 11 is 1.88. The van der Waals surface area contributed by atoms with Crippen molar-refractivity contribution in [1.82, 2.24) is 5.32 Å². The minimum atomic E-state index is 0.461. The van der Waals surface area contributed by atoms with E-state index in [9.17, 15) is 0 Å². The van der Waals surface area contributed by atoms with Crippen LogP contribution in [0.25, 0.3) is 0 Å². The molecule has 3 N–H and O–H groups in total. The van der Waals surface area contributed by atoms with Gasteiger partial charge in [0.15, 0.2) is 0 Å². The van der Waals surface area contributed by atoms with Crippen molar-refractivity contribution in [1.29, 1.82) is 0 Å². The first-order chi connectivity index (χ1) is 8.65. The largest absolute Gasteiger partial charge is 0.398 e. The molecule has 2 aromatic rings. The Hall–Kier alpha value is -1.32. The Morgan fingerprint density at radius 1 is 1.22 bits per heavy atom. The molecule has 0 aliphatic rings. The van der Waals surface area contributed by atoms with Gasteiger partial charge < -0.3 is 11.1 Å². The summed E-state index contributed by atoms with van der Waals surface area (Å²) in [5, 5.41) is 3.52. The summed E-state index contributed by atoms with van der Waals surface area (Å²) in [6, 6.07) is 12.9. The smallest absolute Gasteiger partial charge is 0.0359 e. The Morgan fingerprint density at radius 3 is 2.67 bits per heavy atom. The Balaban J connectivity index is 1.85. The van der Waals surface area contributed by atoms with Crippen LogP contribution in [-0.2, 0) is 13.0 Å². The van der Waals surface area contributed by atoms with Gasteiger partial charge in [-0.3, -0.25) is 0 Å². The van der Waals surface area contributed by atoms with Crippen LogP contribution in [0.1, 0.15) is 22.2 Å². The van der Waals surface area contributed by atoms with E-state index in [0.29, 0.717) is 6.04 Å². The second-order valence-corrected chi connectivity index (χ2v) is 6.07. The first-order valence-electron chi connectivity index (χ1n) is 6.27. The molecule has 18 heavy (non-hydrogen) atoms. The van der Waals surface area contributed by atoms with Gasteiger partial charge in [0.25, 0.3) is 0 Å². The van der Waals surface area contributed by atoms with Crippen LogP contribution < -0.4 is 11.1 Å². The molecule has 96 valence electrons. The molecular weight excluding hydrogens is 240 g/mol. The van der Waals surface area contributed by atoms with Crippen LogP contribution in [0.15, 0.2) is 36.4 Å². The summed E-state index contributed by atoms with van der Waals surface area (Å²) in [6.45, 7) is 5.20. The zero-order chi connectivity index (χ0) is 13.0. The molecule has 0 amide bonds. The molecule has 0 saturated carbocycles. The van der Waals surface area contributed by atoms with Gasteiger partial charge in [0.05, 0.1) is 0 Å². The molecule has 3 heteroatoms. The Labute approximate surface area is 113 Å². The standard InChI is InChI=1S/C15H20N2S/c1-11(9-14-8-7-12(2)18-14)17-10-13-5-3-4-6-15(13)16/h3-8,11,17H,9-10,16H2,1-2H3. The Kier molecular flexibility index (Phi) is 4.39. The Bertz CT molecular complexity index is 505. The van der Waals surface area contributed by atoms with Gasteiger partial charge in [-0.15, -0.1) is 11.3 Å². The van der Waals surface area contributed by atoms with E-state index in [-0.39, 0.29) is 0 Å². The van der Waals surface area contributed by atoms with Gasteiger partial charge in [0.1, 0.15) is 0 Å². The summed E-state index contributed by atoms with van der Waals surface area (Å²) in [6.07, 6.45) is 1.07. The maximum absolute atomic E-state index is 5.92. The van der Waals surface area contributed by atoms with Crippen molar-refractivity contribution in [3.8, 4) is 0 Å². The molecule has 0 radical (unpaired) electrons. The number of hydrogen-bond acceptors (Lipinski definition) is 3. The third-order valence-electron chi connectivity index (χ3n) is 3.00. The number of thiophene rings is 1. The first-order valence-corrected chi connectivity index (χ1v) is 7.09. The van der Waals surface area contributed by atoms with Crippen molar-refractivity contribution in [2.24, 2.45) is 0 Å². The fraction of sp³-hybridized carbons (Fsp3) is 0.333. The molecule has 0 aliphatic carbocycles. The van der Waals surface area contributed by atoms with E-state index in [1.54, 1.807) is 0 Å². The molecule has 1 unspecified atom stereocenters. The SMILES string of the molecule is Cc1ccc(CC(C)NCc2ccccc2N)s1. The van der Waals surface area contributed by atoms with Crippen LogP contribution in [0.2, 0.25) is 0 Å². The number of nitrogen functional groups attached to an aromatic ring is 1. The lowest BCUT2D eigenvalue weighted by molar-refractivity contribution is 0.549. The number of para-hydroxylation sites is 1. The summed E-state index contributed by atoms with van der Waals surface area (Å²) < 4.78 is 0. The summed E-state index contributed by atoms with van der Waals surface area (Å²) in [7, 11) is 0. The van der Waals surface area contributed by atoms with E-state index >= 15 is 0 Å². The van der Waals surface area contributed by atoms with Gasteiger partial charge in [-0.05, 0) is 44.0 Å². The maximum atomic E-state index is 5.92. The topological polar surface area (TPSA) is 38.0 Å². The van der Waals surface area contributed by atoms with Crippen LogP contribution >= 0.6 is 11.3 Å². The predicted octanol–water partition coefficient (Wildman–Crippen LogP) is 3.36. The van der Waals surface area contributed by atoms with Crippen molar-refractivity contribution in [2.75, 3.05) is 5.73 Å². The molecule has 2 rings (SSSR count). The van der Waals surface area contributed by atoms with Crippen molar-refractivity contribution < 1.29 is 0 Å². The molecule has 1 aromatic carbocycles. The Morgan fingerprint density at radius 2 is 2.00 bits per heavy atom. The number of benzene rings is 1. The number of hydrogen-bond donors (Lipinski definition) is 2. The molecule has 1 atom stereocenters. The van der Waals surface area contributed by atoms with E-state index < -0.39 is 0 Å². The lowest BCUT2D eigenvalue weighted by Crippen LogP contribution is -2.27. The molecule has 0 spiro atoms. The monoisotopic (exact) mass is 260 g/mol. The molecule has 0 fully saturated rings. The maximum Gasteiger partial charge on any atom is 0.0359 e. The van der Waals surface area contributed by atoms with Crippen molar-refractivity contribution >= 4 is 17.0 Å². The summed E-state index contributed by atoms with van der Waals surface area (Å²) in [4.78, 5) is 2.82. The molecule has 0 saturated heterocycles. The van der Waals surface area contributed by atoms with Gasteiger partial charge >= 0.3 is 0 Å². The van der Waals surface area contributed by atoms with Crippen LogP contribution in [-0.4, -0.2) is 6.04 Å². The van der Waals surface area contributed by atoms with Crippen molar-refractivity contribution in [3.05, 3.63) is 51.7 Å². The van der Waals surface area contributed by atoms with Gasteiger partial charge in [-0.25, -0.2) is 0 Å². The highest BCUT2D eigenvalue weighted by Gasteiger charge is 2.06. The van der Waals surface area contributed by atoms with Gasteiger partial charge in [0, 0.05) is 28.0 Å². The number of anilines is 1. The third-order valence-corrected chi connectivity index (χ3v) is 4.02. The van der Waals surface area contributed by atoms with E-state index in [0.717, 1.165) is 18.7 Å². The van der Waals surface area contributed by atoms with Crippen LogP contribution in [0.4, 0.5) is 5.69 Å². The van der Waals surface area contributed by atoms with Crippen LogP contribution in [0.5, 0.6) is 0 Å². The third kappa shape index (κ3) is 3.59. The molecule has 1 aromatic heterocycles. The first kappa shape index (κ1) is 13.1. The average molecular weight is 260 g/mol. The van der Waals surface area contributed by atoms with E-state index in [2.05, 4.69) is 37.4 Å². The zero-order valence-electron chi connectivity index (χ0n) is 10.9. The number of aryl methyl sites for hydroxylation is 1. The molecule has 2 nitrogen and oxygen atoms in total. The summed E-state index contributed by atoms with van der Waals surface area (Å²) in [5.41, 5.74) is 7.96. The minimum absolute atomic E-state index is 0.461. The highest BCUT2D eigenvalue weighted by atomic mass is 32.1. The number of nitrogens with one attached hydrogen (secondary N) is 1. The van der Waals surface area contributed by atoms with E-state index in [1.165, 1.54) is 15.3 Å². The van der Waals surface area contributed by atoms with E-state index in [1.807, 2.05) is 29.5 Å². The van der Waals surface area contributed by atoms with Crippen LogP contribution in [0.3, 0.4) is 0 Å². The lowest BCUT2D eigenvalue weighted by Gasteiger charge is -2.14. The van der Waals surface area contributed by atoms with Gasteiger partial charge in [-0.2, -0.15) is 0 Å². The summed E-state index contributed by atoms with van der Waals surface area (Å²) in [5.74, 6) is 0. The number of nitrogens with two attached hydrogens (primary N) is 1. The quantitative estimate of drug-likeness (QED) is 0.809. The predicted molar refractivity (Wildman–Crippen MR) is 79.9 cm³/mol. The fourth-order valence-electron chi connectivity index (χ4n) is 1.95. The van der Waals surface area contributed by atoms with Crippen LogP contribution in [0, 0.1) is 6.92 Å². The normalized spacial score (nSPS) is 12.6. The van der Waals surface area contributed by atoms with Gasteiger partial charge in [-0.1, -0.05) is 18.2 Å². The molecule has 0 bridgehead atoms. The minimum Gasteiger partial charge on any atom is -0.398 e. The fourth-order valence-corrected chi connectivity index (χ4v) is 2.97. The molecular formula is C15H20N2S. The lowest BCUT2D eigenvalue weighted by atomic mass is 10.1. The average Bonchev–Trinajstić information content (AvgIpc) is 2.74. The van der Waals surface area contributed by atoms with Crippen molar-refractivity contribution in [2.45, 2.75) is 32.9 Å². The number of rotatable bonds is 5. The highest BCUT2D eigenvalue weighted by Crippen LogP contribution is 2.17. The zero-order valence-corrected chi connectivity index (χ0v) is 11.8. The molecule has 0 aliphatic heterocycles. The highest BCUT2D eigenvalue weighted by molar-refractivity contribution is 7.11. The second kappa shape index (κ2) is 6.03. The molecule has 1 heterocycles. The van der Waals surface area contributed by atoms with Gasteiger partial charge in [0.2, 0.25) is 0 Å².